The molecule has 0 radical (unpaired) electrons. The van der Waals surface area contributed by atoms with Gasteiger partial charge in [-0.1, -0.05) is 30.3 Å². The van der Waals surface area contributed by atoms with Crippen LogP contribution in [-0.2, 0) is 4.79 Å². The van der Waals surface area contributed by atoms with E-state index in [1.165, 1.54) is 17.0 Å². The number of carbonyl (C=O) groups excluding carboxylic acids is 1. The Hall–Kier alpha value is -2.80. The number of nitrogens with zero attached hydrogens (tertiary/aromatic N) is 1. The number of nitrogens with one attached hydrogen (secondary N) is 1. The van der Waals surface area contributed by atoms with Crippen LogP contribution in [0.25, 0.3) is 6.08 Å². The molecule has 2 aromatic carbocycles. The molecule has 0 atom stereocenters. The maximum atomic E-state index is 12.7. The first-order valence-corrected chi connectivity index (χ1v) is 7.84. The minimum atomic E-state index is -2.87. The second-order valence-corrected chi connectivity index (χ2v) is 5.75. The first-order chi connectivity index (χ1) is 12.0. The van der Waals surface area contributed by atoms with Crippen molar-refractivity contribution in [2.45, 2.75) is 13.5 Å². The number of benzene rings is 2. The number of carbonyl (C=O) groups is 1. The first kappa shape index (κ1) is 17.0. The zero-order chi connectivity index (χ0) is 18.0. The smallest absolute Gasteiger partial charge is 0.387 e. The molecule has 128 valence electrons. The lowest BCUT2D eigenvalue weighted by atomic mass is 10.1. The predicted octanol–water partition coefficient (Wildman–Crippen LogP) is 3.86. The molecule has 1 fully saturated rings. The lowest BCUT2D eigenvalue weighted by molar-refractivity contribution is -0.113. The second kappa shape index (κ2) is 6.98. The van der Waals surface area contributed by atoms with Crippen molar-refractivity contribution in [1.82, 2.24) is 5.32 Å². The maximum absolute atomic E-state index is 12.7. The van der Waals surface area contributed by atoms with Crippen LogP contribution in [0.1, 0.15) is 11.1 Å². The van der Waals surface area contributed by atoms with E-state index >= 15 is 0 Å². The highest BCUT2D eigenvalue weighted by Crippen LogP contribution is 2.26. The van der Waals surface area contributed by atoms with Crippen LogP contribution >= 0.6 is 12.2 Å². The molecule has 1 saturated heterocycles. The number of aryl methyl sites for hydroxylation is 1. The van der Waals surface area contributed by atoms with Crippen molar-refractivity contribution < 1.29 is 18.3 Å². The van der Waals surface area contributed by atoms with Crippen molar-refractivity contribution in [3.05, 3.63) is 65.4 Å². The van der Waals surface area contributed by atoms with Gasteiger partial charge in [-0.25, -0.2) is 0 Å². The third-order valence-electron chi connectivity index (χ3n) is 3.65. The molecule has 1 aliphatic heterocycles. The van der Waals surface area contributed by atoms with Gasteiger partial charge in [-0.05, 0) is 54.5 Å². The van der Waals surface area contributed by atoms with E-state index in [4.69, 9.17) is 12.2 Å². The molecule has 1 heterocycles. The molecule has 1 aliphatic rings. The molecule has 0 saturated carbocycles. The molecule has 2 aromatic rings. The number of rotatable bonds is 4. The fourth-order valence-corrected chi connectivity index (χ4v) is 2.77. The summed E-state index contributed by atoms with van der Waals surface area (Å²) >= 11 is 5.27. The Morgan fingerprint density at radius 2 is 1.84 bits per heavy atom. The number of halogens is 2. The number of para-hydroxylation sites is 1. The second-order valence-electron chi connectivity index (χ2n) is 5.36. The number of amides is 1. The van der Waals surface area contributed by atoms with E-state index in [0.29, 0.717) is 22.1 Å². The zero-order valence-corrected chi connectivity index (χ0v) is 14.0. The summed E-state index contributed by atoms with van der Waals surface area (Å²) in [6.45, 7) is -0.975. The highest BCUT2D eigenvalue weighted by molar-refractivity contribution is 7.80. The molecular weight excluding hydrogens is 346 g/mol. The van der Waals surface area contributed by atoms with Gasteiger partial charge in [0.2, 0.25) is 0 Å². The van der Waals surface area contributed by atoms with E-state index in [0.717, 1.165) is 5.56 Å². The van der Waals surface area contributed by atoms with Gasteiger partial charge in [0, 0.05) is 0 Å². The number of anilines is 1. The van der Waals surface area contributed by atoms with E-state index in [2.05, 4.69) is 10.1 Å². The summed E-state index contributed by atoms with van der Waals surface area (Å²) in [4.78, 5) is 14.1. The molecule has 3 rings (SSSR count). The summed E-state index contributed by atoms with van der Waals surface area (Å²) in [6.07, 6.45) is 1.61. The molecule has 0 aliphatic carbocycles. The minimum Gasteiger partial charge on any atom is -0.435 e. The van der Waals surface area contributed by atoms with Crippen molar-refractivity contribution >= 4 is 35.0 Å². The highest BCUT2D eigenvalue weighted by Gasteiger charge is 2.32. The van der Waals surface area contributed by atoms with E-state index in [1.54, 1.807) is 18.2 Å². The Morgan fingerprint density at radius 1 is 1.16 bits per heavy atom. The number of hydrogen-bond donors (Lipinski definition) is 1. The number of ether oxygens (including phenoxy) is 1. The average Bonchev–Trinajstić information content (AvgIpc) is 2.83. The van der Waals surface area contributed by atoms with Gasteiger partial charge in [0.05, 0.1) is 5.69 Å². The van der Waals surface area contributed by atoms with Crippen molar-refractivity contribution in [2.75, 3.05) is 4.90 Å². The lowest BCUT2D eigenvalue weighted by Crippen LogP contribution is -2.30. The molecule has 0 spiro atoms. The van der Waals surface area contributed by atoms with Crippen LogP contribution in [-0.4, -0.2) is 17.6 Å². The molecular formula is C18H14F2N2O2S. The normalized spacial score (nSPS) is 15.8. The molecule has 4 nitrogen and oxygen atoms in total. The Balaban J connectivity index is 1.84. The summed E-state index contributed by atoms with van der Waals surface area (Å²) < 4.78 is 28.6. The van der Waals surface area contributed by atoms with Crippen LogP contribution in [0.15, 0.2) is 54.2 Å². The van der Waals surface area contributed by atoms with Crippen LogP contribution < -0.4 is 15.0 Å². The van der Waals surface area contributed by atoms with Gasteiger partial charge in [-0.3, -0.25) is 9.69 Å². The summed E-state index contributed by atoms with van der Waals surface area (Å²) in [5.41, 5.74) is 2.62. The third-order valence-corrected chi connectivity index (χ3v) is 3.94. The quantitative estimate of drug-likeness (QED) is 0.664. The van der Waals surface area contributed by atoms with Gasteiger partial charge in [0.15, 0.2) is 5.11 Å². The average molecular weight is 360 g/mol. The molecule has 1 amide bonds. The van der Waals surface area contributed by atoms with Crippen molar-refractivity contribution in [3.8, 4) is 5.75 Å². The van der Waals surface area contributed by atoms with Gasteiger partial charge in [-0.2, -0.15) is 8.78 Å². The van der Waals surface area contributed by atoms with Crippen molar-refractivity contribution in [3.63, 3.8) is 0 Å². The van der Waals surface area contributed by atoms with Crippen molar-refractivity contribution in [1.29, 1.82) is 0 Å². The van der Waals surface area contributed by atoms with E-state index < -0.39 is 6.61 Å². The maximum Gasteiger partial charge on any atom is 0.387 e. The Morgan fingerprint density at radius 3 is 2.48 bits per heavy atom. The number of thiocarbonyl (C=S) groups is 1. The number of alkyl halides is 2. The van der Waals surface area contributed by atoms with E-state index in [-0.39, 0.29) is 11.7 Å². The Labute approximate surface area is 148 Å². The first-order valence-electron chi connectivity index (χ1n) is 7.43. The summed E-state index contributed by atoms with van der Waals surface area (Å²) in [5.74, 6) is -0.216. The largest absolute Gasteiger partial charge is 0.435 e. The van der Waals surface area contributed by atoms with Crippen LogP contribution in [0.4, 0.5) is 14.5 Å². The predicted molar refractivity (Wildman–Crippen MR) is 95.4 cm³/mol. The molecule has 0 aromatic heterocycles. The lowest BCUT2D eigenvalue weighted by Gasteiger charge is -2.16. The topological polar surface area (TPSA) is 41.6 Å². The van der Waals surface area contributed by atoms with Gasteiger partial charge in [0.25, 0.3) is 5.91 Å². The fraction of sp³-hybridized carbons (Fsp3) is 0.111. The minimum absolute atomic E-state index is 0.0555. The van der Waals surface area contributed by atoms with Crippen LogP contribution in [0.2, 0.25) is 0 Å². The summed E-state index contributed by atoms with van der Waals surface area (Å²) in [7, 11) is 0. The highest BCUT2D eigenvalue weighted by atomic mass is 32.1. The molecule has 25 heavy (non-hydrogen) atoms. The molecule has 1 N–H and O–H groups in total. The summed E-state index contributed by atoms with van der Waals surface area (Å²) in [6, 6.07) is 13.4. The van der Waals surface area contributed by atoms with Crippen LogP contribution in [0.5, 0.6) is 5.75 Å². The monoisotopic (exact) mass is 360 g/mol. The third kappa shape index (κ3) is 3.66. The Bertz CT molecular complexity index is 850. The van der Waals surface area contributed by atoms with Crippen molar-refractivity contribution in [2.24, 2.45) is 0 Å². The van der Waals surface area contributed by atoms with Gasteiger partial charge < -0.3 is 10.1 Å². The van der Waals surface area contributed by atoms with Gasteiger partial charge >= 0.3 is 6.61 Å². The fourth-order valence-electron chi connectivity index (χ4n) is 2.48. The number of hydrogen-bond acceptors (Lipinski definition) is 3. The zero-order valence-electron chi connectivity index (χ0n) is 13.2. The van der Waals surface area contributed by atoms with Crippen LogP contribution in [0, 0.1) is 6.92 Å². The van der Waals surface area contributed by atoms with Gasteiger partial charge in [0.1, 0.15) is 11.4 Å². The molecule has 0 bridgehead atoms. The molecule has 0 unspecified atom stereocenters. The van der Waals surface area contributed by atoms with Crippen LogP contribution in [0.3, 0.4) is 0 Å². The standard InChI is InChI=1S/C18H14F2N2O2S/c1-11-4-2-3-5-15(11)22-16(23)14(21-18(22)25)10-12-6-8-13(9-7-12)24-17(19)20/h2-10,17H,1H3,(H,21,25)/b14-10+. The SMILES string of the molecule is Cc1ccccc1N1C(=O)/C(=C\c2ccc(OC(F)F)cc2)NC1=S. The Kier molecular flexibility index (Phi) is 4.76. The van der Waals surface area contributed by atoms with E-state index in [9.17, 15) is 13.6 Å². The molecule has 7 heteroatoms. The van der Waals surface area contributed by atoms with Gasteiger partial charge in [-0.15, -0.1) is 0 Å². The summed E-state index contributed by atoms with van der Waals surface area (Å²) in [5, 5.41) is 3.19. The van der Waals surface area contributed by atoms with E-state index in [1.807, 2.05) is 31.2 Å².